The zero-order chi connectivity index (χ0) is 12.3. The minimum Gasteiger partial charge on any atom is -0.478 e. The van der Waals surface area contributed by atoms with Crippen LogP contribution in [0.3, 0.4) is 0 Å². The van der Waals surface area contributed by atoms with Gasteiger partial charge in [-0.1, -0.05) is 6.07 Å². The summed E-state index contributed by atoms with van der Waals surface area (Å²) in [6.07, 6.45) is 2.12. The van der Waals surface area contributed by atoms with Crippen molar-refractivity contribution in [1.29, 1.82) is 0 Å². The Kier molecular flexibility index (Phi) is 3.39. The second-order valence-electron chi connectivity index (χ2n) is 3.58. The van der Waals surface area contributed by atoms with Gasteiger partial charge in [0, 0.05) is 23.7 Å². The minimum atomic E-state index is -1.02. The number of aromatic nitrogens is 1. The largest absolute Gasteiger partial charge is 0.478 e. The summed E-state index contributed by atoms with van der Waals surface area (Å²) in [5, 5.41) is 10.8. The third-order valence-corrected chi connectivity index (χ3v) is 3.35. The number of hydrogen-bond acceptors (Lipinski definition) is 3. The second kappa shape index (κ2) is 4.97. The van der Waals surface area contributed by atoms with Crippen molar-refractivity contribution in [2.24, 2.45) is 0 Å². The van der Waals surface area contributed by atoms with Crippen LogP contribution in [-0.2, 0) is 13.0 Å². The summed E-state index contributed by atoms with van der Waals surface area (Å²) >= 11 is 1.63. The zero-order valence-electron chi connectivity index (χ0n) is 9.00. The predicted molar refractivity (Wildman–Crippen MR) is 65.7 cm³/mol. The van der Waals surface area contributed by atoms with E-state index in [1.165, 1.54) is 27.8 Å². The molecule has 2 heterocycles. The molecule has 2 aromatic heterocycles. The van der Waals surface area contributed by atoms with Crippen LogP contribution >= 0.6 is 11.3 Å². The monoisotopic (exact) mass is 249 g/mol. The normalized spacial score (nSPS) is 10.4. The third-order valence-electron chi connectivity index (χ3n) is 2.41. The van der Waals surface area contributed by atoms with Crippen molar-refractivity contribution in [2.45, 2.75) is 13.0 Å². The Hall–Kier alpha value is -1.88. The first-order valence-electron chi connectivity index (χ1n) is 5.13. The quantitative estimate of drug-likeness (QED) is 0.899. The van der Waals surface area contributed by atoms with Crippen LogP contribution in [0.4, 0.5) is 0 Å². The van der Waals surface area contributed by atoms with Crippen LogP contribution in [0, 0.1) is 0 Å². The fraction of sp³-hybridized carbons (Fsp3) is 0.167. The summed E-state index contributed by atoms with van der Waals surface area (Å²) in [7, 11) is 0. The van der Waals surface area contributed by atoms with Gasteiger partial charge in [-0.05, 0) is 23.9 Å². The van der Waals surface area contributed by atoms with Crippen LogP contribution in [0.15, 0.2) is 40.6 Å². The molecule has 2 rings (SSSR count). The molecule has 0 aliphatic heterocycles. The fourth-order valence-corrected chi connectivity index (χ4v) is 2.22. The van der Waals surface area contributed by atoms with E-state index in [4.69, 9.17) is 5.11 Å². The molecule has 0 fully saturated rings. The van der Waals surface area contributed by atoms with Gasteiger partial charge in [-0.3, -0.25) is 4.79 Å². The Labute approximate surface area is 102 Å². The van der Waals surface area contributed by atoms with Gasteiger partial charge in [-0.2, -0.15) is 0 Å². The first-order chi connectivity index (χ1) is 8.16. The van der Waals surface area contributed by atoms with E-state index in [0.717, 1.165) is 6.42 Å². The first-order valence-corrected chi connectivity index (χ1v) is 6.01. The Bertz CT molecular complexity index is 572. The highest BCUT2D eigenvalue weighted by molar-refractivity contribution is 7.09. The van der Waals surface area contributed by atoms with Gasteiger partial charge in [0.2, 0.25) is 0 Å². The molecule has 0 radical (unpaired) electrons. The van der Waals surface area contributed by atoms with Gasteiger partial charge >= 0.3 is 5.97 Å². The average molecular weight is 249 g/mol. The lowest BCUT2D eigenvalue weighted by Gasteiger charge is -2.05. The summed E-state index contributed by atoms with van der Waals surface area (Å²) in [5.74, 6) is -1.02. The highest BCUT2D eigenvalue weighted by Crippen LogP contribution is 2.09. The molecule has 0 saturated heterocycles. The molecule has 88 valence electrons. The Morgan fingerprint density at radius 1 is 1.35 bits per heavy atom. The zero-order valence-corrected chi connectivity index (χ0v) is 9.81. The standard InChI is InChI=1S/C12H11NO3S/c14-11-4-3-9(12(15)16)8-13(11)6-5-10-2-1-7-17-10/h1-4,7-8H,5-6H2,(H,15,16). The number of carboxylic acid groups (broad SMARTS) is 1. The van der Waals surface area contributed by atoms with Gasteiger partial charge in [0.15, 0.2) is 0 Å². The van der Waals surface area contributed by atoms with Crippen molar-refractivity contribution >= 4 is 17.3 Å². The Morgan fingerprint density at radius 3 is 2.82 bits per heavy atom. The maximum absolute atomic E-state index is 11.5. The number of pyridine rings is 1. The maximum atomic E-state index is 11.5. The lowest BCUT2D eigenvalue weighted by atomic mass is 10.2. The van der Waals surface area contributed by atoms with Crippen LogP contribution < -0.4 is 5.56 Å². The lowest BCUT2D eigenvalue weighted by Crippen LogP contribution is -2.21. The lowest BCUT2D eigenvalue weighted by molar-refractivity contribution is 0.0696. The van der Waals surface area contributed by atoms with Gasteiger partial charge in [0.1, 0.15) is 0 Å². The van der Waals surface area contributed by atoms with Crippen molar-refractivity contribution in [3.8, 4) is 0 Å². The van der Waals surface area contributed by atoms with Crippen molar-refractivity contribution in [1.82, 2.24) is 4.57 Å². The molecule has 0 aromatic carbocycles. The number of rotatable bonds is 4. The molecular weight excluding hydrogens is 238 g/mol. The van der Waals surface area contributed by atoms with Gasteiger partial charge in [0.25, 0.3) is 5.56 Å². The second-order valence-corrected chi connectivity index (χ2v) is 4.62. The molecule has 4 nitrogen and oxygen atoms in total. The number of nitrogens with zero attached hydrogens (tertiary/aromatic N) is 1. The fourth-order valence-electron chi connectivity index (χ4n) is 1.52. The topological polar surface area (TPSA) is 59.3 Å². The highest BCUT2D eigenvalue weighted by Gasteiger charge is 2.05. The summed E-state index contributed by atoms with van der Waals surface area (Å²) in [6, 6.07) is 6.57. The predicted octanol–water partition coefficient (Wildman–Crippen LogP) is 1.85. The molecular formula is C12H11NO3S. The Balaban J connectivity index is 2.17. The molecule has 2 aromatic rings. The average Bonchev–Trinajstić information content (AvgIpc) is 2.80. The number of aromatic carboxylic acids is 1. The smallest absolute Gasteiger partial charge is 0.337 e. The van der Waals surface area contributed by atoms with Crippen LogP contribution in [0.25, 0.3) is 0 Å². The molecule has 0 spiro atoms. The van der Waals surface area contributed by atoms with Gasteiger partial charge in [-0.25, -0.2) is 4.79 Å². The molecule has 17 heavy (non-hydrogen) atoms. The Morgan fingerprint density at radius 2 is 2.18 bits per heavy atom. The number of hydrogen-bond donors (Lipinski definition) is 1. The molecule has 1 N–H and O–H groups in total. The summed E-state index contributed by atoms with van der Waals surface area (Å²) in [5.41, 5.74) is -0.0395. The van der Waals surface area contributed by atoms with E-state index in [1.54, 1.807) is 11.3 Å². The number of thiophene rings is 1. The van der Waals surface area contributed by atoms with Crippen LogP contribution in [0.2, 0.25) is 0 Å². The molecule has 5 heteroatoms. The summed E-state index contributed by atoms with van der Waals surface area (Å²) in [6.45, 7) is 0.500. The maximum Gasteiger partial charge on any atom is 0.337 e. The van der Waals surface area contributed by atoms with Crippen LogP contribution in [0.5, 0.6) is 0 Å². The molecule has 0 amide bonds. The number of carbonyl (C=O) groups is 1. The third kappa shape index (κ3) is 2.82. The first kappa shape index (κ1) is 11.6. The van der Waals surface area contributed by atoms with Crippen molar-refractivity contribution in [2.75, 3.05) is 0 Å². The van der Waals surface area contributed by atoms with E-state index >= 15 is 0 Å². The summed E-state index contributed by atoms with van der Waals surface area (Å²) in [4.78, 5) is 23.5. The van der Waals surface area contributed by atoms with Gasteiger partial charge in [-0.15, -0.1) is 11.3 Å². The number of aryl methyl sites for hydroxylation is 2. The molecule has 0 atom stereocenters. The van der Waals surface area contributed by atoms with Gasteiger partial charge < -0.3 is 9.67 Å². The van der Waals surface area contributed by atoms with E-state index in [9.17, 15) is 9.59 Å². The van der Waals surface area contributed by atoms with E-state index < -0.39 is 5.97 Å². The number of carboxylic acids is 1. The SMILES string of the molecule is O=C(O)c1ccc(=O)n(CCc2cccs2)c1. The molecule has 0 aliphatic carbocycles. The molecule has 0 aliphatic rings. The van der Waals surface area contributed by atoms with Crippen molar-refractivity contribution in [3.05, 3.63) is 56.6 Å². The molecule has 0 saturated carbocycles. The van der Waals surface area contributed by atoms with E-state index in [0.29, 0.717) is 6.54 Å². The van der Waals surface area contributed by atoms with Crippen LogP contribution in [0.1, 0.15) is 15.2 Å². The van der Waals surface area contributed by atoms with Gasteiger partial charge in [0.05, 0.1) is 5.56 Å². The highest BCUT2D eigenvalue weighted by atomic mass is 32.1. The molecule has 0 unspecified atom stereocenters. The van der Waals surface area contributed by atoms with Crippen LogP contribution in [-0.4, -0.2) is 15.6 Å². The van der Waals surface area contributed by atoms with Crippen molar-refractivity contribution in [3.63, 3.8) is 0 Å². The summed E-state index contributed by atoms with van der Waals surface area (Å²) < 4.78 is 1.43. The van der Waals surface area contributed by atoms with Crippen molar-refractivity contribution < 1.29 is 9.90 Å². The van der Waals surface area contributed by atoms with E-state index in [2.05, 4.69) is 0 Å². The molecule has 0 bridgehead atoms. The van der Waals surface area contributed by atoms with E-state index in [-0.39, 0.29) is 11.1 Å². The minimum absolute atomic E-state index is 0.135. The van der Waals surface area contributed by atoms with E-state index in [1.807, 2.05) is 17.5 Å².